The highest BCUT2D eigenvalue weighted by Gasteiger charge is 2.01. The molecule has 82 valence electrons. The Morgan fingerprint density at radius 2 is 2.19 bits per heavy atom. The SMILES string of the molecule is NC(N)=N/N=C/c1c[nH]c2ccc(Br)cc12. The van der Waals surface area contributed by atoms with Crippen LogP contribution in [0.2, 0.25) is 0 Å². The minimum absolute atomic E-state index is 0.0581. The molecule has 0 aliphatic heterocycles. The maximum Gasteiger partial charge on any atom is 0.211 e. The highest BCUT2D eigenvalue weighted by molar-refractivity contribution is 9.10. The van der Waals surface area contributed by atoms with Crippen molar-refractivity contribution in [1.82, 2.24) is 4.98 Å². The second-order valence-corrected chi connectivity index (χ2v) is 4.12. The fraction of sp³-hybridized carbons (Fsp3) is 0. The van der Waals surface area contributed by atoms with Crippen molar-refractivity contribution < 1.29 is 0 Å². The number of nitrogens with one attached hydrogen (secondary N) is 1. The summed E-state index contributed by atoms with van der Waals surface area (Å²) in [6, 6.07) is 5.95. The molecule has 0 atom stereocenters. The van der Waals surface area contributed by atoms with Crippen LogP contribution in [0.3, 0.4) is 0 Å². The Bertz CT molecular complexity index is 566. The van der Waals surface area contributed by atoms with E-state index in [2.05, 4.69) is 31.1 Å². The van der Waals surface area contributed by atoms with E-state index in [1.54, 1.807) is 6.21 Å². The molecule has 1 aromatic carbocycles. The molecular weight excluding hydrogens is 270 g/mol. The molecule has 0 aliphatic carbocycles. The predicted molar refractivity (Wildman–Crippen MR) is 69.4 cm³/mol. The minimum Gasteiger partial charge on any atom is -0.369 e. The average Bonchev–Trinajstić information content (AvgIpc) is 2.60. The van der Waals surface area contributed by atoms with Crippen molar-refractivity contribution >= 4 is 39.0 Å². The van der Waals surface area contributed by atoms with Crippen LogP contribution in [-0.4, -0.2) is 17.2 Å². The van der Waals surface area contributed by atoms with Crippen LogP contribution in [0.4, 0.5) is 0 Å². The Morgan fingerprint density at radius 3 is 2.94 bits per heavy atom. The summed E-state index contributed by atoms with van der Waals surface area (Å²) in [5.74, 6) is -0.0581. The van der Waals surface area contributed by atoms with Crippen molar-refractivity contribution in [3.63, 3.8) is 0 Å². The van der Waals surface area contributed by atoms with Gasteiger partial charge in [-0.05, 0) is 18.2 Å². The molecule has 0 aliphatic rings. The largest absolute Gasteiger partial charge is 0.369 e. The molecule has 0 unspecified atom stereocenters. The van der Waals surface area contributed by atoms with E-state index in [4.69, 9.17) is 11.5 Å². The zero-order valence-corrected chi connectivity index (χ0v) is 9.90. The Kier molecular flexibility index (Phi) is 2.91. The molecule has 1 heterocycles. The van der Waals surface area contributed by atoms with Crippen molar-refractivity contribution in [3.8, 4) is 0 Å². The molecule has 0 saturated carbocycles. The number of H-pyrrole nitrogens is 1. The number of nitrogens with zero attached hydrogens (tertiary/aromatic N) is 2. The molecule has 16 heavy (non-hydrogen) atoms. The third-order valence-corrected chi connectivity index (χ3v) is 2.54. The summed E-state index contributed by atoms with van der Waals surface area (Å²) in [4.78, 5) is 3.13. The van der Waals surface area contributed by atoms with Gasteiger partial charge in [-0.1, -0.05) is 15.9 Å². The van der Waals surface area contributed by atoms with E-state index in [1.165, 1.54) is 0 Å². The summed E-state index contributed by atoms with van der Waals surface area (Å²) >= 11 is 3.42. The third kappa shape index (κ3) is 2.22. The van der Waals surface area contributed by atoms with Gasteiger partial charge in [0.1, 0.15) is 0 Å². The molecule has 2 aromatic rings. The molecule has 6 heteroatoms. The van der Waals surface area contributed by atoms with E-state index in [-0.39, 0.29) is 5.96 Å². The lowest BCUT2D eigenvalue weighted by Crippen LogP contribution is -2.21. The summed E-state index contributed by atoms with van der Waals surface area (Å²) in [5.41, 5.74) is 12.3. The van der Waals surface area contributed by atoms with E-state index in [0.29, 0.717) is 0 Å². The molecule has 0 bridgehead atoms. The monoisotopic (exact) mass is 279 g/mol. The minimum atomic E-state index is -0.0581. The van der Waals surface area contributed by atoms with Crippen molar-refractivity contribution in [3.05, 3.63) is 34.4 Å². The quantitative estimate of drug-likeness (QED) is 0.442. The Balaban J connectivity index is 2.41. The molecule has 2 rings (SSSR count). The standard InChI is InChI=1S/C10H10BrN5/c11-7-1-2-9-8(3-7)6(4-14-9)5-15-16-10(12)13/h1-5,14H,(H4,12,13,16)/b15-5+. The van der Waals surface area contributed by atoms with Gasteiger partial charge < -0.3 is 16.5 Å². The number of hydrogen-bond donors (Lipinski definition) is 3. The van der Waals surface area contributed by atoms with Crippen molar-refractivity contribution in [2.45, 2.75) is 0 Å². The highest BCUT2D eigenvalue weighted by Crippen LogP contribution is 2.21. The fourth-order valence-electron chi connectivity index (χ4n) is 1.38. The van der Waals surface area contributed by atoms with Gasteiger partial charge in [-0.3, -0.25) is 0 Å². The topological polar surface area (TPSA) is 92.6 Å². The molecule has 0 amide bonds. The first kappa shape index (κ1) is 10.7. The van der Waals surface area contributed by atoms with Gasteiger partial charge in [0.05, 0.1) is 6.21 Å². The van der Waals surface area contributed by atoms with Gasteiger partial charge in [0.25, 0.3) is 0 Å². The lowest BCUT2D eigenvalue weighted by atomic mass is 10.2. The number of halogens is 1. The van der Waals surface area contributed by atoms with E-state index >= 15 is 0 Å². The molecule has 0 saturated heterocycles. The molecule has 5 N–H and O–H groups in total. The molecule has 0 fully saturated rings. The van der Waals surface area contributed by atoms with Crippen LogP contribution in [0, 0.1) is 0 Å². The Hall–Kier alpha value is -1.82. The van der Waals surface area contributed by atoms with E-state index in [9.17, 15) is 0 Å². The summed E-state index contributed by atoms with van der Waals surface area (Å²) in [6.07, 6.45) is 3.45. The normalized spacial score (nSPS) is 11.1. The average molecular weight is 280 g/mol. The molecule has 0 radical (unpaired) electrons. The first-order valence-corrected chi connectivity index (χ1v) is 5.35. The van der Waals surface area contributed by atoms with E-state index < -0.39 is 0 Å². The molecule has 0 spiro atoms. The number of hydrogen-bond acceptors (Lipinski definition) is 2. The van der Waals surface area contributed by atoms with E-state index in [0.717, 1.165) is 20.9 Å². The maximum absolute atomic E-state index is 5.17. The smallest absolute Gasteiger partial charge is 0.211 e. The van der Waals surface area contributed by atoms with Crippen molar-refractivity contribution in [2.24, 2.45) is 21.7 Å². The zero-order valence-electron chi connectivity index (χ0n) is 8.31. The van der Waals surface area contributed by atoms with Crippen LogP contribution in [0.15, 0.2) is 39.1 Å². The predicted octanol–water partition coefficient (Wildman–Crippen LogP) is 1.54. The second-order valence-electron chi connectivity index (χ2n) is 3.20. The van der Waals surface area contributed by atoms with Gasteiger partial charge in [0.2, 0.25) is 5.96 Å². The van der Waals surface area contributed by atoms with Gasteiger partial charge in [-0.25, -0.2) is 0 Å². The van der Waals surface area contributed by atoms with Gasteiger partial charge in [-0.15, -0.1) is 5.10 Å². The lowest BCUT2D eigenvalue weighted by Gasteiger charge is -1.92. The first-order valence-electron chi connectivity index (χ1n) is 4.55. The number of guanidine groups is 1. The lowest BCUT2D eigenvalue weighted by molar-refractivity contribution is 1.22. The van der Waals surface area contributed by atoms with Crippen molar-refractivity contribution in [2.75, 3.05) is 0 Å². The van der Waals surface area contributed by atoms with Crippen LogP contribution >= 0.6 is 15.9 Å². The van der Waals surface area contributed by atoms with Crippen molar-refractivity contribution in [1.29, 1.82) is 0 Å². The third-order valence-electron chi connectivity index (χ3n) is 2.05. The van der Waals surface area contributed by atoms with Crippen LogP contribution in [0.1, 0.15) is 5.56 Å². The Labute approximate surface area is 100 Å². The summed E-state index contributed by atoms with van der Waals surface area (Å²) in [6.45, 7) is 0. The highest BCUT2D eigenvalue weighted by atomic mass is 79.9. The molecule has 5 nitrogen and oxygen atoms in total. The van der Waals surface area contributed by atoms with Crippen LogP contribution in [0.25, 0.3) is 10.9 Å². The van der Waals surface area contributed by atoms with Crippen LogP contribution in [0.5, 0.6) is 0 Å². The number of aromatic amines is 1. The van der Waals surface area contributed by atoms with Gasteiger partial charge in [-0.2, -0.15) is 5.10 Å². The fourth-order valence-corrected chi connectivity index (χ4v) is 1.74. The molecular formula is C10H10BrN5. The summed E-state index contributed by atoms with van der Waals surface area (Å²) in [7, 11) is 0. The Morgan fingerprint density at radius 1 is 1.38 bits per heavy atom. The molecule has 1 aromatic heterocycles. The number of fused-ring (bicyclic) bond motifs is 1. The first-order chi connectivity index (χ1) is 7.66. The second kappa shape index (κ2) is 4.36. The summed E-state index contributed by atoms with van der Waals surface area (Å²) in [5, 5.41) is 8.37. The van der Waals surface area contributed by atoms with Gasteiger partial charge in [0.15, 0.2) is 0 Å². The summed E-state index contributed by atoms with van der Waals surface area (Å²) < 4.78 is 1.01. The maximum atomic E-state index is 5.17. The van der Waals surface area contributed by atoms with Gasteiger partial charge in [0, 0.05) is 27.1 Å². The van der Waals surface area contributed by atoms with E-state index in [1.807, 2.05) is 24.4 Å². The number of aromatic nitrogens is 1. The van der Waals surface area contributed by atoms with Crippen LogP contribution < -0.4 is 11.5 Å². The number of rotatable bonds is 2. The zero-order chi connectivity index (χ0) is 11.5. The number of nitrogens with two attached hydrogens (primary N) is 2. The van der Waals surface area contributed by atoms with Crippen LogP contribution in [-0.2, 0) is 0 Å². The van der Waals surface area contributed by atoms with Gasteiger partial charge >= 0.3 is 0 Å². The number of benzene rings is 1.